The van der Waals surface area contributed by atoms with E-state index in [4.69, 9.17) is 11.6 Å². The predicted molar refractivity (Wildman–Crippen MR) is 79.1 cm³/mol. The molecule has 18 heavy (non-hydrogen) atoms. The van der Waals surface area contributed by atoms with Crippen LogP contribution in [0.5, 0.6) is 0 Å². The fourth-order valence-electron chi connectivity index (χ4n) is 2.30. The van der Waals surface area contributed by atoms with Gasteiger partial charge in [0.1, 0.15) is 0 Å². The van der Waals surface area contributed by atoms with E-state index in [2.05, 4.69) is 56.9 Å². The van der Waals surface area contributed by atoms with Crippen molar-refractivity contribution in [2.75, 3.05) is 4.90 Å². The standard InChI is InChI=1S/C15H12ClNSe/c16-12-6-8-13(9-7-12)17-14-4-2-1-3-11(14)5-10-15(17)18/h1-4,6-9H,5,10H2. The molecule has 1 aliphatic heterocycles. The van der Waals surface area contributed by atoms with Crippen molar-refractivity contribution < 1.29 is 0 Å². The Balaban J connectivity index is 2.10. The van der Waals surface area contributed by atoms with E-state index in [-0.39, 0.29) is 0 Å². The number of hydrogen-bond acceptors (Lipinski definition) is 1. The first-order chi connectivity index (χ1) is 8.75. The molecule has 0 N–H and O–H groups in total. The summed E-state index contributed by atoms with van der Waals surface area (Å²) in [7, 11) is 0. The molecule has 0 amide bonds. The van der Waals surface area contributed by atoms with E-state index in [1.165, 1.54) is 15.8 Å². The second-order valence-electron chi connectivity index (χ2n) is 4.33. The Bertz CT molecular complexity index is 592. The van der Waals surface area contributed by atoms with Gasteiger partial charge in [0.25, 0.3) is 0 Å². The molecular weight excluding hydrogens is 309 g/mol. The molecule has 0 aromatic heterocycles. The molecule has 0 aliphatic carbocycles. The summed E-state index contributed by atoms with van der Waals surface area (Å²) in [5.41, 5.74) is 3.81. The van der Waals surface area contributed by atoms with Crippen molar-refractivity contribution in [1.82, 2.24) is 0 Å². The molecular formula is C15H12ClNSe. The van der Waals surface area contributed by atoms with Crippen molar-refractivity contribution in [1.29, 1.82) is 0 Å². The van der Waals surface area contributed by atoms with E-state index in [9.17, 15) is 0 Å². The topological polar surface area (TPSA) is 3.24 Å². The fraction of sp³-hybridized carbons (Fsp3) is 0.133. The van der Waals surface area contributed by atoms with E-state index in [1.54, 1.807) is 0 Å². The maximum atomic E-state index is 5.95. The van der Waals surface area contributed by atoms with Gasteiger partial charge in [-0.05, 0) is 0 Å². The molecule has 0 atom stereocenters. The van der Waals surface area contributed by atoms with Crippen molar-refractivity contribution in [3.8, 4) is 0 Å². The van der Waals surface area contributed by atoms with Crippen LogP contribution in [0.3, 0.4) is 0 Å². The molecule has 0 saturated heterocycles. The van der Waals surface area contributed by atoms with Crippen LogP contribution in [-0.2, 0) is 6.42 Å². The van der Waals surface area contributed by atoms with Gasteiger partial charge in [-0.1, -0.05) is 0 Å². The number of fused-ring (bicyclic) bond motifs is 1. The molecule has 3 heteroatoms. The molecule has 1 nitrogen and oxygen atoms in total. The van der Waals surface area contributed by atoms with Gasteiger partial charge < -0.3 is 0 Å². The van der Waals surface area contributed by atoms with E-state index in [0.29, 0.717) is 0 Å². The Morgan fingerprint density at radius 3 is 2.44 bits per heavy atom. The molecule has 2 aromatic rings. The number of hydrogen-bond donors (Lipinski definition) is 0. The fourth-order valence-corrected chi connectivity index (χ4v) is 3.07. The molecule has 0 bridgehead atoms. The molecule has 0 saturated carbocycles. The van der Waals surface area contributed by atoms with E-state index in [1.807, 2.05) is 12.1 Å². The van der Waals surface area contributed by atoms with Gasteiger partial charge in [-0.25, -0.2) is 0 Å². The Morgan fingerprint density at radius 2 is 1.67 bits per heavy atom. The SMILES string of the molecule is Clc1ccc(N2C(=[Se])CCc3ccccc32)cc1. The Hall–Kier alpha value is -1.08. The zero-order chi connectivity index (χ0) is 12.5. The van der Waals surface area contributed by atoms with E-state index >= 15 is 0 Å². The van der Waals surface area contributed by atoms with Gasteiger partial charge in [0, 0.05) is 0 Å². The van der Waals surface area contributed by atoms with Crippen molar-refractivity contribution >= 4 is 43.1 Å². The number of rotatable bonds is 1. The minimum atomic E-state index is 0.769. The van der Waals surface area contributed by atoms with Crippen LogP contribution < -0.4 is 4.90 Å². The summed E-state index contributed by atoms with van der Waals surface area (Å²) >= 11 is 9.15. The molecule has 0 radical (unpaired) electrons. The Morgan fingerprint density at radius 1 is 0.944 bits per heavy atom. The second-order valence-corrected chi connectivity index (χ2v) is 5.76. The van der Waals surface area contributed by atoms with Gasteiger partial charge in [-0.2, -0.15) is 0 Å². The molecule has 1 aliphatic rings. The zero-order valence-corrected chi connectivity index (χ0v) is 12.2. The van der Waals surface area contributed by atoms with Gasteiger partial charge >= 0.3 is 120 Å². The number of anilines is 2. The third-order valence-electron chi connectivity index (χ3n) is 3.17. The minimum absolute atomic E-state index is 0.769. The van der Waals surface area contributed by atoms with Gasteiger partial charge in [-0.3, -0.25) is 0 Å². The number of para-hydroxylation sites is 1. The third kappa shape index (κ3) is 2.12. The Labute approximate surface area is 120 Å². The summed E-state index contributed by atoms with van der Waals surface area (Å²) in [5, 5.41) is 0.769. The molecule has 1 heterocycles. The number of nitrogens with zero attached hydrogens (tertiary/aromatic N) is 1. The average Bonchev–Trinajstić information content (AvgIpc) is 2.40. The first kappa shape index (κ1) is 12.0. The number of benzene rings is 2. The summed E-state index contributed by atoms with van der Waals surface area (Å²) < 4.78 is 1.26. The third-order valence-corrected chi connectivity index (χ3v) is 4.24. The van der Waals surface area contributed by atoms with Crippen LogP contribution in [0.15, 0.2) is 48.5 Å². The number of aryl methyl sites for hydroxylation is 1. The summed E-state index contributed by atoms with van der Waals surface area (Å²) in [6, 6.07) is 16.5. The van der Waals surface area contributed by atoms with Crippen molar-refractivity contribution in [3.05, 3.63) is 59.1 Å². The summed E-state index contributed by atoms with van der Waals surface area (Å²) in [4.78, 5) is 2.27. The van der Waals surface area contributed by atoms with E-state index < -0.39 is 0 Å². The molecule has 0 spiro atoms. The van der Waals surface area contributed by atoms with Crippen LogP contribution in [0.4, 0.5) is 11.4 Å². The van der Waals surface area contributed by atoms with Gasteiger partial charge in [-0.15, -0.1) is 0 Å². The quantitative estimate of drug-likeness (QED) is 0.724. The van der Waals surface area contributed by atoms with Crippen LogP contribution >= 0.6 is 11.6 Å². The first-order valence-corrected chi connectivity index (χ1v) is 7.15. The van der Waals surface area contributed by atoms with Crippen LogP contribution in [0, 0.1) is 0 Å². The Kier molecular flexibility index (Phi) is 3.25. The van der Waals surface area contributed by atoms with Crippen molar-refractivity contribution in [3.63, 3.8) is 0 Å². The monoisotopic (exact) mass is 321 g/mol. The zero-order valence-electron chi connectivity index (χ0n) is 9.77. The molecule has 90 valence electrons. The van der Waals surface area contributed by atoms with Crippen molar-refractivity contribution in [2.24, 2.45) is 0 Å². The normalized spacial score (nSPS) is 14.5. The summed E-state index contributed by atoms with van der Waals surface area (Å²) in [5.74, 6) is 0. The van der Waals surface area contributed by atoms with Crippen LogP contribution in [-0.4, -0.2) is 20.1 Å². The first-order valence-electron chi connectivity index (χ1n) is 5.92. The predicted octanol–water partition coefficient (Wildman–Crippen LogP) is 3.72. The summed E-state index contributed by atoms with van der Waals surface area (Å²) in [6.07, 6.45) is 2.15. The molecule has 0 fully saturated rings. The summed E-state index contributed by atoms with van der Waals surface area (Å²) in [6.45, 7) is 0. The molecule has 0 unspecified atom stereocenters. The second kappa shape index (κ2) is 4.89. The molecule has 2 aromatic carbocycles. The van der Waals surface area contributed by atoms with Gasteiger partial charge in [0.05, 0.1) is 0 Å². The van der Waals surface area contributed by atoms with Gasteiger partial charge in [0.2, 0.25) is 0 Å². The van der Waals surface area contributed by atoms with Crippen LogP contribution in [0.2, 0.25) is 5.02 Å². The maximum absolute atomic E-state index is 5.95. The molecule has 3 rings (SSSR count). The van der Waals surface area contributed by atoms with Crippen LogP contribution in [0.1, 0.15) is 12.0 Å². The average molecular weight is 321 g/mol. The number of halogens is 1. The van der Waals surface area contributed by atoms with E-state index in [0.717, 1.165) is 23.6 Å². The van der Waals surface area contributed by atoms with Gasteiger partial charge in [0.15, 0.2) is 0 Å². The van der Waals surface area contributed by atoms with Crippen molar-refractivity contribution in [2.45, 2.75) is 12.8 Å². The van der Waals surface area contributed by atoms with Crippen LogP contribution in [0.25, 0.3) is 0 Å².